The highest BCUT2D eigenvalue weighted by molar-refractivity contribution is 7.89. The lowest BCUT2D eigenvalue weighted by atomic mass is 9.87. The number of hydrogen-bond donors (Lipinski definition) is 3. The van der Waals surface area contributed by atoms with Gasteiger partial charge in [0.25, 0.3) is 5.91 Å². The van der Waals surface area contributed by atoms with Gasteiger partial charge in [-0.1, -0.05) is 24.3 Å². The van der Waals surface area contributed by atoms with Crippen molar-refractivity contribution in [3.8, 4) is 5.75 Å². The molecule has 0 saturated carbocycles. The number of carbonyl (C=O) groups is 2. The molecular weight excluding hydrogens is 549 g/mol. The molecule has 3 aromatic rings. The number of benzene rings is 3. The number of amides is 1. The Morgan fingerprint density at radius 3 is 2.54 bits per heavy atom. The predicted octanol–water partition coefficient (Wildman–Crippen LogP) is 2.47. The van der Waals surface area contributed by atoms with Gasteiger partial charge in [0.15, 0.2) is 5.60 Å². The van der Waals surface area contributed by atoms with E-state index in [1.807, 2.05) is 0 Å². The van der Waals surface area contributed by atoms with E-state index in [-0.39, 0.29) is 42.7 Å². The summed E-state index contributed by atoms with van der Waals surface area (Å²) in [5.41, 5.74) is 7.04. The van der Waals surface area contributed by atoms with Gasteiger partial charge in [-0.25, -0.2) is 12.8 Å². The molecule has 0 aromatic heterocycles. The molecule has 9 nitrogen and oxygen atoms in total. The maximum absolute atomic E-state index is 13.7. The molecule has 0 spiro atoms. The van der Waals surface area contributed by atoms with E-state index in [1.165, 1.54) is 28.6 Å². The lowest BCUT2D eigenvalue weighted by Crippen LogP contribution is -2.64. The predicted molar refractivity (Wildman–Crippen MR) is 143 cm³/mol. The van der Waals surface area contributed by atoms with Crippen LogP contribution in [0.5, 0.6) is 5.75 Å². The summed E-state index contributed by atoms with van der Waals surface area (Å²) < 4.78 is 48.2. The number of nitrogens with two attached hydrogens (primary N) is 1. The van der Waals surface area contributed by atoms with Crippen LogP contribution in [0.15, 0.2) is 71.6 Å². The molecule has 2 aliphatic heterocycles. The molecule has 1 atom stereocenters. The van der Waals surface area contributed by atoms with Crippen molar-refractivity contribution < 1.29 is 32.2 Å². The molecule has 0 aliphatic carbocycles. The molecule has 206 valence electrons. The first-order valence-electron chi connectivity index (χ1n) is 12.0. The zero-order chi connectivity index (χ0) is 27.1. The number of nitrogens with zero attached hydrogens (tertiary/aromatic N) is 1. The van der Waals surface area contributed by atoms with Gasteiger partial charge in [0.05, 0.1) is 18.0 Å². The number of carboxylic acids is 1. The Labute approximate surface area is 231 Å². The van der Waals surface area contributed by atoms with E-state index in [0.717, 1.165) is 5.56 Å². The molecule has 0 unspecified atom stereocenters. The molecule has 5 rings (SSSR count). The lowest BCUT2D eigenvalue weighted by Gasteiger charge is -2.49. The third kappa shape index (κ3) is 5.62. The van der Waals surface area contributed by atoms with Gasteiger partial charge < -0.3 is 20.9 Å². The Bertz CT molecular complexity index is 1510. The number of fused-ring (bicyclic) bond motifs is 1. The van der Waals surface area contributed by atoms with E-state index in [4.69, 9.17) is 15.6 Å². The summed E-state index contributed by atoms with van der Waals surface area (Å²) in [4.78, 5) is 23.2. The number of halogens is 2. The SMILES string of the molecule is Cl.N[C@@H](Cc1cccc(S(=O)(=O)N2CC(Oc3ccc4c(c3)CCNC4=O)(c3ccc(F)cc3)C2)c1)C(=O)O. The molecule has 1 amide bonds. The minimum atomic E-state index is -3.94. The van der Waals surface area contributed by atoms with Crippen LogP contribution in [0, 0.1) is 5.82 Å². The van der Waals surface area contributed by atoms with Gasteiger partial charge in [-0.3, -0.25) is 9.59 Å². The van der Waals surface area contributed by atoms with Crippen LogP contribution in [-0.2, 0) is 33.3 Å². The second-order valence-corrected chi connectivity index (χ2v) is 11.4. The van der Waals surface area contributed by atoms with Gasteiger partial charge in [-0.15, -0.1) is 12.4 Å². The first-order valence-corrected chi connectivity index (χ1v) is 13.5. The summed E-state index contributed by atoms with van der Waals surface area (Å²) in [5, 5.41) is 11.9. The van der Waals surface area contributed by atoms with E-state index in [1.54, 1.807) is 42.5 Å². The van der Waals surface area contributed by atoms with E-state index < -0.39 is 33.5 Å². The molecule has 3 aromatic carbocycles. The van der Waals surface area contributed by atoms with E-state index in [9.17, 15) is 22.4 Å². The molecule has 1 fully saturated rings. The molecule has 12 heteroatoms. The summed E-state index contributed by atoms with van der Waals surface area (Å²) in [6.45, 7) is 0.454. The van der Waals surface area contributed by atoms with Crippen molar-refractivity contribution in [1.29, 1.82) is 0 Å². The second-order valence-electron chi connectivity index (χ2n) is 9.50. The molecular formula is C27H27ClFN3O6S. The fourth-order valence-corrected chi connectivity index (χ4v) is 6.38. The monoisotopic (exact) mass is 575 g/mol. The zero-order valence-electron chi connectivity index (χ0n) is 20.7. The molecule has 2 aliphatic rings. The van der Waals surface area contributed by atoms with Gasteiger partial charge in [0, 0.05) is 12.1 Å². The van der Waals surface area contributed by atoms with Crippen molar-refractivity contribution >= 4 is 34.3 Å². The fraction of sp³-hybridized carbons (Fsp3) is 0.259. The lowest BCUT2D eigenvalue weighted by molar-refractivity contribution is -0.138. The molecule has 0 radical (unpaired) electrons. The van der Waals surface area contributed by atoms with Crippen LogP contribution in [0.25, 0.3) is 0 Å². The van der Waals surface area contributed by atoms with E-state index in [0.29, 0.717) is 35.4 Å². The summed E-state index contributed by atoms with van der Waals surface area (Å²) in [7, 11) is -3.94. The molecule has 1 saturated heterocycles. The van der Waals surface area contributed by atoms with Crippen LogP contribution < -0.4 is 15.8 Å². The number of nitrogens with one attached hydrogen (secondary N) is 1. The van der Waals surface area contributed by atoms with Gasteiger partial charge in [0.1, 0.15) is 17.6 Å². The first-order chi connectivity index (χ1) is 18.1. The topological polar surface area (TPSA) is 139 Å². The summed E-state index contributed by atoms with van der Waals surface area (Å²) in [6.07, 6.45) is 0.627. The van der Waals surface area contributed by atoms with Gasteiger partial charge in [-0.05, 0) is 72.0 Å². The minimum absolute atomic E-state index is 0. The van der Waals surface area contributed by atoms with Crippen molar-refractivity contribution in [2.75, 3.05) is 19.6 Å². The standard InChI is InChI=1S/C27H26FN3O6S.ClH/c28-20-6-4-19(5-7-20)27(37-21-8-9-23-18(14-21)10-11-30-25(23)32)15-31(16-27)38(35,36)22-3-1-2-17(12-22)13-24(29)26(33)34;/h1-9,12,14,24H,10-11,13,15-16,29H2,(H,30,32)(H,33,34);1H/t24-;/m0./s1. The van der Waals surface area contributed by atoms with Crippen molar-refractivity contribution in [3.63, 3.8) is 0 Å². The number of carboxylic acid groups (broad SMARTS) is 1. The molecule has 0 bridgehead atoms. The van der Waals surface area contributed by atoms with E-state index >= 15 is 0 Å². The molecule has 39 heavy (non-hydrogen) atoms. The van der Waals surface area contributed by atoms with Gasteiger partial charge >= 0.3 is 5.97 Å². The van der Waals surface area contributed by atoms with Gasteiger partial charge in [-0.2, -0.15) is 4.31 Å². The van der Waals surface area contributed by atoms with E-state index in [2.05, 4.69) is 5.32 Å². The quantitative estimate of drug-likeness (QED) is 0.375. The fourth-order valence-electron chi connectivity index (χ4n) is 4.77. The third-order valence-corrected chi connectivity index (χ3v) is 8.65. The number of aliphatic carboxylic acids is 1. The number of ether oxygens (including phenoxy) is 1. The highest BCUT2D eigenvalue weighted by atomic mass is 35.5. The van der Waals surface area contributed by atoms with Crippen LogP contribution in [0.1, 0.15) is 27.0 Å². The van der Waals surface area contributed by atoms with Gasteiger partial charge in [0.2, 0.25) is 10.0 Å². The van der Waals surface area contributed by atoms with Crippen LogP contribution in [-0.4, -0.2) is 55.4 Å². The third-order valence-electron chi connectivity index (χ3n) is 6.86. The smallest absolute Gasteiger partial charge is 0.320 e. The number of carbonyl (C=O) groups excluding carboxylic acids is 1. The van der Waals surface area contributed by atoms with Crippen molar-refractivity contribution in [1.82, 2.24) is 9.62 Å². The average Bonchev–Trinajstić information content (AvgIpc) is 2.86. The van der Waals surface area contributed by atoms with Crippen molar-refractivity contribution in [2.24, 2.45) is 5.73 Å². The maximum atomic E-state index is 13.7. The summed E-state index contributed by atoms with van der Waals surface area (Å²) >= 11 is 0. The molecule has 4 N–H and O–H groups in total. The Balaban J connectivity index is 0.00000353. The number of sulfonamides is 1. The summed E-state index contributed by atoms with van der Waals surface area (Å²) in [5.74, 6) is -1.28. The highest BCUT2D eigenvalue weighted by Crippen LogP contribution is 2.40. The molecule has 2 heterocycles. The minimum Gasteiger partial charge on any atom is -0.480 e. The first kappa shape index (κ1) is 28.5. The maximum Gasteiger partial charge on any atom is 0.320 e. The van der Waals surface area contributed by atoms with Crippen LogP contribution in [0.2, 0.25) is 0 Å². The van der Waals surface area contributed by atoms with Crippen molar-refractivity contribution in [2.45, 2.75) is 29.4 Å². The second kappa shape index (κ2) is 10.9. The van der Waals surface area contributed by atoms with Crippen molar-refractivity contribution in [3.05, 3.63) is 94.8 Å². The summed E-state index contributed by atoms with van der Waals surface area (Å²) in [6, 6.07) is 15.7. The Morgan fingerprint density at radius 2 is 1.85 bits per heavy atom. The normalized spacial score (nSPS) is 17.1. The average molecular weight is 576 g/mol. The van der Waals surface area contributed by atoms with Crippen LogP contribution in [0.3, 0.4) is 0 Å². The Hall–Kier alpha value is -3.51. The largest absolute Gasteiger partial charge is 0.480 e. The van der Waals surface area contributed by atoms with Crippen LogP contribution in [0.4, 0.5) is 4.39 Å². The zero-order valence-corrected chi connectivity index (χ0v) is 22.3. The number of hydrogen-bond acceptors (Lipinski definition) is 6. The van der Waals surface area contributed by atoms with Crippen LogP contribution >= 0.6 is 12.4 Å². The Morgan fingerprint density at radius 1 is 1.13 bits per heavy atom. The number of rotatable bonds is 8. The Kier molecular flexibility index (Phi) is 7.99. The highest BCUT2D eigenvalue weighted by Gasteiger charge is 2.52.